The van der Waals surface area contributed by atoms with Crippen LogP contribution in [-0.2, 0) is 16.0 Å². The minimum atomic E-state index is -4.54. The van der Waals surface area contributed by atoms with Gasteiger partial charge in [0.2, 0.25) is 0 Å². The van der Waals surface area contributed by atoms with Crippen molar-refractivity contribution in [2.45, 2.75) is 25.1 Å². The third-order valence-electron chi connectivity index (χ3n) is 3.35. The first kappa shape index (κ1) is 15.9. The van der Waals surface area contributed by atoms with Crippen molar-refractivity contribution in [2.24, 2.45) is 0 Å². The number of benzene rings is 1. The first-order valence-electron chi connectivity index (χ1n) is 6.43. The maximum atomic E-state index is 13.1. The number of alkyl halides is 3. The van der Waals surface area contributed by atoms with E-state index in [0.717, 1.165) is 6.07 Å². The van der Waals surface area contributed by atoms with E-state index in [0.29, 0.717) is 12.8 Å². The predicted octanol–water partition coefficient (Wildman–Crippen LogP) is 2.70. The summed E-state index contributed by atoms with van der Waals surface area (Å²) in [6.45, 7) is 0. The van der Waals surface area contributed by atoms with E-state index in [1.165, 1.54) is 19.2 Å². The zero-order valence-electron chi connectivity index (χ0n) is 11.4. The van der Waals surface area contributed by atoms with Crippen LogP contribution in [0, 0.1) is 0 Å². The average Bonchev–Trinajstić information content (AvgIpc) is 2.36. The van der Waals surface area contributed by atoms with E-state index in [1.54, 1.807) is 0 Å². The molecule has 1 saturated heterocycles. The minimum Gasteiger partial charge on any atom is -0.497 e. The van der Waals surface area contributed by atoms with Crippen LogP contribution in [0.1, 0.15) is 18.4 Å². The van der Waals surface area contributed by atoms with Gasteiger partial charge in [-0.2, -0.15) is 13.2 Å². The van der Waals surface area contributed by atoms with Crippen LogP contribution in [0.5, 0.6) is 5.75 Å². The molecule has 1 atom stereocenters. The summed E-state index contributed by atoms with van der Waals surface area (Å²) in [5.74, 6) is 0.0557. The van der Waals surface area contributed by atoms with E-state index in [1.807, 2.05) is 0 Å². The monoisotopic (exact) mass is 323 g/mol. The van der Waals surface area contributed by atoms with Gasteiger partial charge in [-0.25, -0.2) is 8.42 Å². The summed E-state index contributed by atoms with van der Waals surface area (Å²) in [6, 6.07) is 3.08. The standard InChI is InChI=1S/C13H16F3NO3S/c1-20-10-4-5-12(11(7-10)13(14,15)16)17-9-3-2-6-21(18,19)8-9/h4-5,7,9,17H,2-3,6,8H2,1H3. The second kappa shape index (κ2) is 5.75. The van der Waals surface area contributed by atoms with Gasteiger partial charge in [0.15, 0.2) is 9.84 Å². The van der Waals surface area contributed by atoms with Gasteiger partial charge >= 0.3 is 6.18 Å². The highest BCUT2D eigenvalue weighted by atomic mass is 32.2. The molecule has 0 spiro atoms. The Hall–Kier alpha value is -1.44. The number of methoxy groups -OCH3 is 1. The average molecular weight is 323 g/mol. The molecule has 0 aromatic heterocycles. The number of sulfone groups is 1. The number of ether oxygens (including phenoxy) is 1. The summed E-state index contributed by atoms with van der Waals surface area (Å²) in [5, 5.41) is 2.71. The number of halogens is 3. The van der Waals surface area contributed by atoms with Crippen molar-refractivity contribution in [3.8, 4) is 5.75 Å². The molecule has 0 aliphatic carbocycles. The molecule has 21 heavy (non-hydrogen) atoms. The van der Waals surface area contributed by atoms with Gasteiger partial charge in [-0.1, -0.05) is 0 Å². The van der Waals surface area contributed by atoms with Crippen LogP contribution >= 0.6 is 0 Å². The van der Waals surface area contributed by atoms with E-state index in [2.05, 4.69) is 5.32 Å². The number of nitrogens with one attached hydrogen (secondary N) is 1. The van der Waals surface area contributed by atoms with Crippen molar-refractivity contribution >= 4 is 15.5 Å². The van der Waals surface area contributed by atoms with Gasteiger partial charge in [-0.15, -0.1) is 0 Å². The predicted molar refractivity (Wildman–Crippen MR) is 73.3 cm³/mol. The van der Waals surface area contributed by atoms with Crippen LogP contribution in [-0.4, -0.2) is 33.1 Å². The van der Waals surface area contributed by atoms with Gasteiger partial charge < -0.3 is 10.1 Å². The number of anilines is 1. The summed E-state index contributed by atoms with van der Waals surface area (Å²) < 4.78 is 67.1. The first-order valence-corrected chi connectivity index (χ1v) is 8.25. The lowest BCUT2D eigenvalue weighted by Crippen LogP contribution is -2.35. The van der Waals surface area contributed by atoms with Crippen LogP contribution in [0.2, 0.25) is 0 Å². The van der Waals surface area contributed by atoms with Crippen molar-refractivity contribution in [1.29, 1.82) is 0 Å². The lowest BCUT2D eigenvalue weighted by atomic mass is 10.1. The van der Waals surface area contributed by atoms with Crippen molar-refractivity contribution < 1.29 is 26.3 Å². The lowest BCUT2D eigenvalue weighted by molar-refractivity contribution is -0.137. The fraction of sp³-hybridized carbons (Fsp3) is 0.538. The van der Waals surface area contributed by atoms with Gasteiger partial charge in [-0.05, 0) is 31.0 Å². The molecule has 1 fully saturated rings. The molecule has 1 aromatic carbocycles. The van der Waals surface area contributed by atoms with Crippen molar-refractivity contribution in [3.63, 3.8) is 0 Å². The molecule has 0 radical (unpaired) electrons. The van der Waals surface area contributed by atoms with Crippen molar-refractivity contribution in [1.82, 2.24) is 0 Å². The highest BCUT2D eigenvalue weighted by Gasteiger charge is 2.35. The molecule has 1 heterocycles. The number of hydrogen-bond donors (Lipinski definition) is 1. The van der Waals surface area contributed by atoms with E-state index < -0.39 is 27.6 Å². The maximum Gasteiger partial charge on any atom is 0.418 e. The Morgan fingerprint density at radius 3 is 2.62 bits per heavy atom. The quantitative estimate of drug-likeness (QED) is 0.929. The highest BCUT2D eigenvalue weighted by molar-refractivity contribution is 7.91. The largest absolute Gasteiger partial charge is 0.497 e. The molecule has 1 aromatic rings. The second-order valence-electron chi connectivity index (χ2n) is 5.01. The number of hydrogen-bond acceptors (Lipinski definition) is 4. The molecule has 0 saturated carbocycles. The topological polar surface area (TPSA) is 55.4 Å². The lowest BCUT2D eigenvalue weighted by Gasteiger charge is -2.25. The summed E-state index contributed by atoms with van der Waals surface area (Å²) in [7, 11) is -1.89. The molecule has 8 heteroatoms. The molecule has 118 valence electrons. The Balaban J connectivity index is 2.27. The minimum absolute atomic E-state index is 0.0971. The molecular weight excluding hydrogens is 307 g/mol. The Bertz CT molecular complexity index is 614. The molecule has 1 N–H and O–H groups in total. The fourth-order valence-electron chi connectivity index (χ4n) is 2.37. The smallest absolute Gasteiger partial charge is 0.418 e. The molecule has 1 aliphatic heterocycles. The molecule has 4 nitrogen and oxygen atoms in total. The van der Waals surface area contributed by atoms with Crippen LogP contribution in [0.25, 0.3) is 0 Å². The normalized spacial score (nSPS) is 21.8. The SMILES string of the molecule is COc1ccc(NC2CCCS(=O)(=O)C2)c(C(F)(F)F)c1. The van der Waals surface area contributed by atoms with E-state index in [-0.39, 0.29) is 22.9 Å². The van der Waals surface area contributed by atoms with Crippen LogP contribution in [0.15, 0.2) is 18.2 Å². The summed E-state index contributed by atoms with van der Waals surface area (Å²) >= 11 is 0. The van der Waals surface area contributed by atoms with Gasteiger partial charge in [-0.3, -0.25) is 0 Å². The number of rotatable bonds is 3. The zero-order chi connectivity index (χ0) is 15.7. The van der Waals surface area contributed by atoms with E-state index >= 15 is 0 Å². The second-order valence-corrected chi connectivity index (χ2v) is 7.24. The van der Waals surface area contributed by atoms with Crippen LogP contribution < -0.4 is 10.1 Å². The molecule has 1 aliphatic rings. The Kier molecular flexibility index (Phi) is 4.36. The molecular formula is C13H16F3NO3S. The fourth-order valence-corrected chi connectivity index (χ4v) is 4.00. The molecule has 1 unspecified atom stereocenters. The van der Waals surface area contributed by atoms with E-state index in [4.69, 9.17) is 4.74 Å². The summed E-state index contributed by atoms with van der Waals surface area (Å²) in [4.78, 5) is 0. The third-order valence-corrected chi connectivity index (χ3v) is 5.18. The molecule has 0 amide bonds. The van der Waals surface area contributed by atoms with Gasteiger partial charge in [0.25, 0.3) is 0 Å². The summed E-state index contributed by atoms with van der Waals surface area (Å²) in [6.07, 6.45) is -3.55. The zero-order valence-corrected chi connectivity index (χ0v) is 12.2. The first-order chi connectivity index (χ1) is 9.71. The van der Waals surface area contributed by atoms with Gasteiger partial charge in [0, 0.05) is 11.7 Å². The van der Waals surface area contributed by atoms with Crippen LogP contribution in [0.3, 0.4) is 0 Å². The molecule has 0 bridgehead atoms. The Morgan fingerprint density at radius 1 is 1.33 bits per heavy atom. The Morgan fingerprint density at radius 2 is 2.05 bits per heavy atom. The van der Waals surface area contributed by atoms with Crippen LogP contribution in [0.4, 0.5) is 18.9 Å². The summed E-state index contributed by atoms with van der Waals surface area (Å²) in [5.41, 5.74) is -0.977. The van der Waals surface area contributed by atoms with Gasteiger partial charge in [0.1, 0.15) is 5.75 Å². The van der Waals surface area contributed by atoms with Crippen molar-refractivity contribution in [3.05, 3.63) is 23.8 Å². The Labute approximate surface area is 121 Å². The van der Waals surface area contributed by atoms with Gasteiger partial charge in [0.05, 0.1) is 24.2 Å². The maximum absolute atomic E-state index is 13.1. The highest BCUT2D eigenvalue weighted by Crippen LogP contribution is 2.37. The third kappa shape index (κ3) is 4.03. The van der Waals surface area contributed by atoms with E-state index in [9.17, 15) is 21.6 Å². The molecule has 2 rings (SSSR count). The van der Waals surface area contributed by atoms with Crippen molar-refractivity contribution in [2.75, 3.05) is 23.9 Å².